The van der Waals surface area contributed by atoms with E-state index in [1.165, 1.54) is 16.7 Å². The van der Waals surface area contributed by atoms with Crippen LogP contribution in [0.2, 0.25) is 0 Å². The molecule has 0 spiro atoms. The van der Waals surface area contributed by atoms with E-state index in [1.54, 1.807) is 0 Å². The molecule has 2 aromatic rings. The monoisotopic (exact) mass is 424 g/mol. The summed E-state index contributed by atoms with van der Waals surface area (Å²) in [5, 5.41) is 2.45. The van der Waals surface area contributed by atoms with Crippen molar-refractivity contribution in [2.45, 2.75) is 63.0 Å². The van der Waals surface area contributed by atoms with Crippen LogP contribution in [0.5, 0.6) is 0 Å². The van der Waals surface area contributed by atoms with Gasteiger partial charge in [-0.05, 0) is 55.2 Å². The molecule has 1 aliphatic rings. The highest BCUT2D eigenvalue weighted by molar-refractivity contribution is 8.00. The highest BCUT2D eigenvalue weighted by Crippen LogP contribution is 2.37. The first kappa shape index (κ1) is 22.1. The maximum atomic E-state index is 13.1. The molecule has 158 valence electrons. The van der Waals surface area contributed by atoms with Crippen LogP contribution in [0, 0.1) is 6.92 Å². The van der Waals surface area contributed by atoms with E-state index in [-0.39, 0.29) is 24.1 Å². The van der Waals surface area contributed by atoms with Crippen molar-refractivity contribution >= 4 is 40.9 Å². The van der Waals surface area contributed by atoms with Crippen LogP contribution in [-0.4, -0.2) is 23.0 Å². The zero-order valence-electron chi connectivity index (χ0n) is 17.7. The van der Waals surface area contributed by atoms with Crippen LogP contribution in [-0.2, 0) is 20.8 Å². The van der Waals surface area contributed by atoms with Crippen LogP contribution >= 0.6 is 11.8 Å². The Bertz CT molecular complexity index is 940. The number of nitrogens with zero attached hydrogens (tertiary/aromatic N) is 1. The number of carbonyl (C=O) groups excluding carboxylic acids is 3. The van der Waals surface area contributed by atoms with E-state index in [0.717, 1.165) is 46.7 Å². The summed E-state index contributed by atoms with van der Waals surface area (Å²) in [4.78, 5) is 39.9. The molecule has 0 unspecified atom stereocenters. The van der Waals surface area contributed by atoms with Crippen LogP contribution in [0.1, 0.15) is 50.7 Å². The topological polar surface area (TPSA) is 66.5 Å². The predicted molar refractivity (Wildman–Crippen MR) is 122 cm³/mol. The van der Waals surface area contributed by atoms with Gasteiger partial charge in [0.15, 0.2) is 0 Å². The lowest BCUT2D eigenvalue weighted by Gasteiger charge is -2.20. The first-order chi connectivity index (χ1) is 14.4. The number of para-hydroxylation sites is 1. The van der Waals surface area contributed by atoms with Gasteiger partial charge in [-0.1, -0.05) is 38.5 Å². The number of amides is 3. The van der Waals surface area contributed by atoms with E-state index in [0.29, 0.717) is 6.42 Å². The van der Waals surface area contributed by atoms with Crippen molar-refractivity contribution in [3.05, 3.63) is 53.6 Å². The molecule has 2 aromatic carbocycles. The molecule has 1 atom stereocenters. The Morgan fingerprint density at radius 1 is 1.13 bits per heavy atom. The molecule has 1 N–H and O–H groups in total. The average molecular weight is 425 g/mol. The second-order valence-corrected chi connectivity index (χ2v) is 8.77. The fourth-order valence-electron chi connectivity index (χ4n) is 3.60. The maximum Gasteiger partial charge on any atom is 0.247 e. The van der Waals surface area contributed by atoms with Gasteiger partial charge in [0.05, 0.1) is 10.9 Å². The van der Waals surface area contributed by atoms with E-state index in [1.807, 2.05) is 56.3 Å². The van der Waals surface area contributed by atoms with Crippen LogP contribution in [0.4, 0.5) is 11.4 Å². The maximum absolute atomic E-state index is 13.1. The molecule has 1 aliphatic heterocycles. The summed E-state index contributed by atoms with van der Waals surface area (Å²) in [7, 11) is 0. The SMILES string of the molecule is CCCCC(=O)Nc1ccc(S[C@H]2CC(=O)N(c3c(C)cccc3CC)C2=O)cc1. The van der Waals surface area contributed by atoms with Gasteiger partial charge in [0.2, 0.25) is 17.7 Å². The lowest BCUT2D eigenvalue weighted by molar-refractivity contribution is -0.121. The van der Waals surface area contributed by atoms with Crippen LogP contribution in [0.25, 0.3) is 0 Å². The van der Waals surface area contributed by atoms with Gasteiger partial charge in [-0.15, -0.1) is 11.8 Å². The van der Waals surface area contributed by atoms with Crippen molar-refractivity contribution in [1.29, 1.82) is 0 Å². The number of rotatable bonds is 8. The van der Waals surface area contributed by atoms with Crippen LogP contribution in [0.3, 0.4) is 0 Å². The Kier molecular flexibility index (Phi) is 7.32. The average Bonchev–Trinajstić information content (AvgIpc) is 3.00. The number of anilines is 2. The van der Waals surface area contributed by atoms with Crippen LogP contribution in [0.15, 0.2) is 47.4 Å². The van der Waals surface area contributed by atoms with Gasteiger partial charge in [-0.25, -0.2) is 4.90 Å². The molecule has 3 rings (SSSR count). The third-order valence-corrected chi connectivity index (χ3v) is 6.40. The summed E-state index contributed by atoms with van der Waals surface area (Å²) < 4.78 is 0. The lowest BCUT2D eigenvalue weighted by atomic mass is 10.0. The normalized spacial score (nSPS) is 16.2. The van der Waals surface area contributed by atoms with E-state index in [2.05, 4.69) is 12.2 Å². The minimum atomic E-state index is -0.438. The molecule has 30 heavy (non-hydrogen) atoms. The number of imide groups is 1. The molecular weight excluding hydrogens is 396 g/mol. The van der Waals surface area contributed by atoms with Gasteiger partial charge in [0.1, 0.15) is 0 Å². The molecule has 0 saturated carbocycles. The van der Waals surface area contributed by atoms with E-state index in [4.69, 9.17) is 0 Å². The number of hydrogen-bond donors (Lipinski definition) is 1. The number of benzene rings is 2. The molecule has 1 heterocycles. The number of nitrogens with one attached hydrogen (secondary N) is 1. The van der Waals surface area contributed by atoms with Crippen molar-refractivity contribution in [3.63, 3.8) is 0 Å². The van der Waals surface area contributed by atoms with Crippen molar-refractivity contribution in [2.24, 2.45) is 0 Å². The predicted octanol–water partition coefficient (Wildman–Crippen LogP) is 5.11. The fourth-order valence-corrected chi connectivity index (χ4v) is 4.65. The Hall–Kier alpha value is -2.60. The van der Waals surface area contributed by atoms with Gasteiger partial charge in [0, 0.05) is 23.4 Å². The Labute approximate surface area is 182 Å². The molecule has 0 bridgehead atoms. The van der Waals surface area contributed by atoms with E-state index in [9.17, 15) is 14.4 Å². The molecule has 0 aromatic heterocycles. The largest absolute Gasteiger partial charge is 0.326 e. The Balaban J connectivity index is 1.69. The standard InChI is InChI=1S/C24H28N2O3S/c1-4-6-10-21(27)25-18-11-13-19(14-12-18)30-20-15-22(28)26(24(20)29)23-16(3)8-7-9-17(23)5-2/h7-9,11-14,20H,4-6,10,15H2,1-3H3,(H,25,27)/t20-/m0/s1. The number of thioether (sulfide) groups is 1. The van der Waals surface area contributed by atoms with E-state index >= 15 is 0 Å². The highest BCUT2D eigenvalue weighted by Gasteiger charge is 2.41. The first-order valence-corrected chi connectivity index (χ1v) is 11.3. The highest BCUT2D eigenvalue weighted by atomic mass is 32.2. The fraction of sp³-hybridized carbons (Fsp3) is 0.375. The number of aryl methyl sites for hydroxylation is 2. The van der Waals surface area contributed by atoms with Crippen molar-refractivity contribution < 1.29 is 14.4 Å². The molecule has 0 radical (unpaired) electrons. The minimum absolute atomic E-state index is 0.00872. The van der Waals surface area contributed by atoms with Gasteiger partial charge < -0.3 is 5.32 Å². The summed E-state index contributed by atoms with van der Waals surface area (Å²) in [5.41, 5.74) is 3.42. The smallest absolute Gasteiger partial charge is 0.247 e. The molecule has 0 aliphatic carbocycles. The molecule has 1 saturated heterocycles. The molecule has 6 heteroatoms. The summed E-state index contributed by atoms with van der Waals surface area (Å²) in [6.45, 7) is 6.01. The molecule has 3 amide bonds. The number of unbranched alkanes of at least 4 members (excludes halogenated alkanes) is 1. The van der Waals surface area contributed by atoms with Gasteiger partial charge >= 0.3 is 0 Å². The van der Waals surface area contributed by atoms with Gasteiger partial charge in [0.25, 0.3) is 0 Å². The van der Waals surface area contributed by atoms with Crippen LogP contribution < -0.4 is 10.2 Å². The zero-order chi connectivity index (χ0) is 21.7. The van der Waals surface area contributed by atoms with Crippen molar-refractivity contribution in [2.75, 3.05) is 10.2 Å². The summed E-state index contributed by atoms with van der Waals surface area (Å²) in [6.07, 6.45) is 3.32. The minimum Gasteiger partial charge on any atom is -0.326 e. The quantitative estimate of drug-likeness (QED) is 0.598. The summed E-state index contributed by atoms with van der Waals surface area (Å²) in [6, 6.07) is 13.3. The molecule has 5 nitrogen and oxygen atoms in total. The molecule has 1 fully saturated rings. The van der Waals surface area contributed by atoms with Gasteiger partial charge in [-0.3, -0.25) is 14.4 Å². The molecular formula is C24H28N2O3S. The second kappa shape index (κ2) is 9.94. The Morgan fingerprint density at radius 3 is 2.53 bits per heavy atom. The van der Waals surface area contributed by atoms with Crippen molar-refractivity contribution in [1.82, 2.24) is 0 Å². The zero-order valence-corrected chi connectivity index (χ0v) is 18.6. The third-order valence-electron chi connectivity index (χ3n) is 5.20. The third kappa shape index (κ3) is 4.93. The summed E-state index contributed by atoms with van der Waals surface area (Å²) >= 11 is 1.40. The lowest BCUT2D eigenvalue weighted by Crippen LogP contribution is -2.32. The van der Waals surface area contributed by atoms with E-state index < -0.39 is 5.25 Å². The second-order valence-electron chi connectivity index (χ2n) is 7.49. The number of hydrogen-bond acceptors (Lipinski definition) is 4. The first-order valence-electron chi connectivity index (χ1n) is 10.5. The summed E-state index contributed by atoms with van der Waals surface area (Å²) in [5.74, 6) is -0.304. The van der Waals surface area contributed by atoms with Gasteiger partial charge in [-0.2, -0.15) is 0 Å². The number of carbonyl (C=O) groups is 3. The van der Waals surface area contributed by atoms with Crippen molar-refractivity contribution in [3.8, 4) is 0 Å². The Morgan fingerprint density at radius 2 is 1.87 bits per heavy atom.